The van der Waals surface area contributed by atoms with Crippen LogP contribution in [0.3, 0.4) is 0 Å². The van der Waals surface area contributed by atoms with Gasteiger partial charge in [0.15, 0.2) is 0 Å². The lowest BCUT2D eigenvalue weighted by atomic mass is 10.6. The number of nitrogens with two attached hydrogens (primary N) is 1. The van der Waals surface area contributed by atoms with Gasteiger partial charge in [0.25, 0.3) is 0 Å². The smallest absolute Gasteiger partial charge is 0.241 e. The van der Waals surface area contributed by atoms with Crippen LogP contribution in [0.2, 0.25) is 0 Å². The molecule has 0 aliphatic heterocycles. The van der Waals surface area contributed by atoms with Crippen molar-refractivity contribution in [1.29, 1.82) is 0 Å². The highest BCUT2D eigenvalue weighted by atomic mass is 35.5. The Kier molecular flexibility index (Phi) is 4.90. The zero-order chi connectivity index (χ0) is 6.41. The fraction of sp³-hybridized carbons (Fsp3) is 0.250. The van der Waals surface area contributed by atoms with Crippen molar-refractivity contribution in [2.24, 2.45) is 5.73 Å². The third-order valence-electron chi connectivity index (χ3n) is 0.392. The maximum atomic E-state index is 9.95. The van der Waals surface area contributed by atoms with Crippen molar-refractivity contribution in [2.45, 2.75) is 0 Å². The third kappa shape index (κ3) is 5.85. The number of amides is 1. The van der Waals surface area contributed by atoms with Gasteiger partial charge in [0.05, 0.1) is 5.21 Å². The lowest BCUT2D eigenvalue weighted by Gasteiger charge is -1.79. The van der Waals surface area contributed by atoms with Gasteiger partial charge in [-0.25, -0.2) is 0 Å². The lowest BCUT2D eigenvalue weighted by molar-refractivity contribution is -0.113. The number of hydrogen-bond donors (Lipinski definition) is 1. The molecular weight excluding hydrogens is 146 g/mol. The van der Waals surface area contributed by atoms with E-state index in [1.807, 2.05) is 0 Å². The molecule has 0 aromatic heterocycles. The number of primary amides is 1. The van der Waals surface area contributed by atoms with Crippen molar-refractivity contribution in [1.82, 2.24) is 0 Å². The molecule has 0 fully saturated rings. The van der Waals surface area contributed by atoms with Gasteiger partial charge in [-0.2, -0.15) is 0 Å². The first-order chi connectivity index (χ1) is 3.77. The van der Waals surface area contributed by atoms with Crippen LogP contribution in [0, 0.1) is 0 Å². The Morgan fingerprint density at radius 3 is 2.88 bits per heavy atom. The summed E-state index contributed by atoms with van der Waals surface area (Å²) in [6, 6.07) is 0. The summed E-state index contributed by atoms with van der Waals surface area (Å²) >= 11 is 6.57. The first-order valence-electron chi connectivity index (χ1n) is 1.91. The average Bonchev–Trinajstić information content (AvgIpc) is 1.66. The van der Waals surface area contributed by atoms with E-state index in [0.717, 1.165) is 0 Å². The molecule has 0 bridgehead atoms. The third-order valence-corrected chi connectivity index (χ3v) is 1.22. The molecule has 0 radical (unpaired) electrons. The molecule has 0 unspecified atom stereocenters. The van der Waals surface area contributed by atoms with Gasteiger partial charge < -0.3 is 5.73 Å². The van der Waals surface area contributed by atoms with Crippen LogP contribution >= 0.6 is 23.4 Å². The highest BCUT2D eigenvalue weighted by Crippen LogP contribution is 2.02. The van der Waals surface area contributed by atoms with E-state index in [4.69, 9.17) is 17.3 Å². The fourth-order valence-electron chi connectivity index (χ4n) is 0.152. The molecule has 0 aromatic rings. The maximum Gasteiger partial charge on any atom is 0.241 e. The predicted octanol–water partition coefficient (Wildman–Crippen LogP) is 0.915. The molecule has 0 rings (SSSR count). The molecule has 2 nitrogen and oxygen atoms in total. The van der Waals surface area contributed by atoms with Crippen LogP contribution in [-0.2, 0) is 4.79 Å². The molecule has 0 atom stereocenters. The SMILES string of the molecule is NC(=O)/C=C/SCCl. The van der Waals surface area contributed by atoms with Crippen LogP contribution in [0.1, 0.15) is 0 Å². The summed E-state index contributed by atoms with van der Waals surface area (Å²) in [6.07, 6.45) is 1.27. The van der Waals surface area contributed by atoms with Crippen LogP contribution < -0.4 is 5.73 Å². The second-order valence-corrected chi connectivity index (χ2v) is 2.46. The van der Waals surface area contributed by atoms with E-state index >= 15 is 0 Å². The number of thioether (sulfide) groups is 1. The second kappa shape index (κ2) is 5.00. The highest BCUT2D eigenvalue weighted by Gasteiger charge is 1.79. The largest absolute Gasteiger partial charge is 0.366 e. The highest BCUT2D eigenvalue weighted by molar-refractivity contribution is 8.03. The minimum atomic E-state index is -0.442. The number of carbonyl (C=O) groups is 1. The number of hydrogen-bond acceptors (Lipinski definition) is 2. The molecule has 1 amide bonds. The van der Waals surface area contributed by atoms with Gasteiger partial charge >= 0.3 is 0 Å². The Hall–Kier alpha value is -0.150. The number of halogens is 1. The molecule has 0 aromatic carbocycles. The molecular formula is C4H6ClNOS. The standard InChI is InChI=1S/C4H6ClNOS/c5-3-8-2-1-4(6)7/h1-2H,3H2,(H2,6,7)/b2-1+. The number of carbonyl (C=O) groups excluding carboxylic acids is 1. The molecule has 2 N–H and O–H groups in total. The van der Waals surface area contributed by atoms with Crippen molar-refractivity contribution in [3.05, 3.63) is 11.5 Å². The Bertz CT molecular complexity index is 104. The molecule has 4 heteroatoms. The predicted molar refractivity (Wildman–Crippen MR) is 36.6 cm³/mol. The van der Waals surface area contributed by atoms with Crippen molar-refractivity contribution >= 4 is 29.3 Å². The topological polar surface area (TPSA) is 43.1 Å². The van der Waals surface area contributed by atoms with E-state index < -0.39 is 5.91 Å². The lowest BCUT2D eigenvalue weighted by Crippen LogP contribution is -2.04. The van der Waals surface area contributed by atoms with Crippen molar-refractivity contribution in [3.63, 3.8) is 0 Å². The molecule has 8 heavy (non-hydrogen) atoms. The number of alkyl halides is 1. The summed E-state index contributed by atoms with van der Waals surface area (Å²) in [5, 5.41) is 2.01. The van der Waals surface area contributed by atoms with Gasteiger partial charge in [0, 0.05) is 6.08 Å². The minimum absolute atomic E-state index is 0.442. The molecule has 0 saturated carbocycles. The molecule has 46 valence electrons. The Morgan fingerprint density at radius 1 is 1.88 bits per heavy atom. The first-order valence-corrected chi connectivity index (χ1v) is 3.49. The van der Waals surface area contributed by atoms with Gasteiger partial charge in [-0.15, -0.1) is 23.4 Å². The van der Waals surface area contributed by atoms with Crippen LogP contribution in [0.4, 0.5) is 0 Å². The normalized spacial score (nSPS) is 10.1. The average molecular weight is 152 g/mol. The first kappa shape index (κ1) is 7.85. The molecule has 0 aliphatic carbocycles. The van der Waals surface area contributed by atoms with E-state index in [-0.39, 0.29) is 0 Å². The summed E-state index contributed by atoms with van der Waals surface area (Å²) in [6.45, 7) is 0. The van der Waals surface area contributed by atoms with E-state index in [2.05, 4.69) is 0 Å². The van der Waals surface area contributed by atoms with Gasteiger partial charge in [0.1, 0.15) is 0 Å². The van der Waals surface area contributed by atoms with Gasteiger partial charge in [0.2, 0.25) is 5.91 Å². The minimum Gasteiger partial charge on any atom is -0.366 e. The molecule has 0 spiro atoms. The van der Waals surface area contributed by atoms with Crippen LogP contribution in [0.25, 0.3) is 0 Å². The summed E-state index contributed by atoms with van der Waals surface area (Å²) < 4.78 is 0. The zero-order valence-electron chi connectivity index (χ0n) is 4.13. The van der Waals surface area contributed by atoms with Gasteiger partial charge in [-0.3, -0.25) is 4.79 Å². The van der Waals surface area contributed by atoms with Gasteiger partial charge in [-0.05, 0) is 5.41 Å². The summed E-state index contributed by atoms with van der Waals surface area (Å²) in [5.41, 5.74) is 4.75. The monoisotopic (exact) mass is 151 g/mol. The van der Waals surface area contributed by atoms with Gasteiger partial charge in [-0.1, -0.05) is 0 Å². The quantitative estimate of drug-likeness (QED) is 0.482. The van der Waals surface area contributed by atoms with E-state index in [0.29, 0.717) is 5.21 Å². The summed E-state index contributed by atoms with van der Waals surface area (Å²) in [4.78, 5) is 9.95. The maximum absolute atomic E-state index is 9.95. The van der Waals surface area contributed by atoms with Crippen LogP contribution in [0.5, 0.6) is 0 Å². The number of rotatable bonds is 3. The second-order valence-electron chi connectivity index (χ2n) is 0.981. The van der Waals surface area contributed by atoms with Crippen molar-refractivity contribution in [2.75, 3.05) is 5.21 Å². The Labute approximate surface area is 57.1 Å². The molecule has 0 saturated heterocycles. The Morgan fingerprint density at radius 2 is 2.50 bits per heavy atom. The van der Waals surface area contributed by atoms with E-state index in [1.165, 1.54) is 17.8 Å². The summed E-state index contributed by atoms with van der Waals surface area (Å²) in [5.74, 6) is -0.442. The summed E-state index contributed by atoms with van der Waals surface area (Å²) in [7, 11) is 0. The van der Waals surface area contributed by atoms with Crippen molar-refractivity contribution < 1.29 is 4.79 Å². The van der Waals surface area contributed by atoms with Crippen LogP contribution in [0.15, 0.2) is 11.5 Å². The van der Waals surface area contributed by atoms with Crippen molar-refractivity contribution in [3.8, 4) is 0 Å². The zero-order valence-corrected chi connectivity index (χ0v) is 5.71. The van der Waals surface area contributed by atoms with E-state index in [9.17, 15) is 4.79 Å². The molecule has 0 aliphatic rings. The van der Waals surface area contributed by atoms with E-state index in [1.54, 1.807) is 5.41 Å². The van der Waals surface area contributed by atoms with Crippen LogP contribution in [-0.4, -0.2) is 11.1 Å². The Balaban J connectivity index is 3.20. The fourth-order valence-corrected chi connectivity index (χ4v) is 0.673. The molecule has 0 heterocycles.